The highest BCUT2D eigenvalue weighted by atomic mass is 16.5. The van der Waals surface area contributed by atoms with Gasteiger partial charge in [0.2, 0.25) is 5.95 Å². The summed E-state index contributed by atoms with van der Waals surface area (Å²) in [5.74, 6) is 1.54. The summed E-state index contributed by atoms with van der Waals surface area (Å²) in [6.45, 7) is 8.08. The highest BCUT2D eigenvalue weighted by Gasteiger charge is 2.34. The van der Waals surface area contributed by atoms with Crippen LogP contribution in [0.2, 0.25) is 0 Å². The Morgan fingerprint density at radius 2 is 1.68 bits per heavy atom. The molecule has 0 aliphatic carbocycles. The van der Waals surface area contributed by atoms with Gasteiger partial charge in [-0.2, -0.15) is 4.98 Å². The average Bonchev–Trinajstić information content (AvgIpc) is 3.37. The van der Waals surface area contributed by atoms with Gasteiger partial charge in [0.25, 0.3) is 5.91 Å². The van der Waals surface area contributed by atoms with Crippen molar-refractivity contribution in [2.24, 2.45) is 0 Å². The number of amides is 1. The number of rotatable bonds is 8. The standard InChI is InChI=1S/C30H32N6O2/c1-5-35(6-2)23-18-16-22(17-19-23)28-33-30-31-20(3)26(27(36(30)34-28)21-12-8-7-9-13-21)29(37)32-24-14-10-11-15-25(24)38-4/h7-19,27H,5-6H2,1-4H3,(H,32,37)(H,31,33,34). The minimum Gasteiger partial charge on any atom is -0.495 e. The minimum atomic E-state index is -0.460. The highest BCUT2D eigenvalue weighted by Crippen LogP contribution is 2.37. The van der Waals surface area contributed by atoms with Crippen LogP contribution in [0.3, 0.4) is 0 Å². The molecule has 0 fully saturated rings. The number of para-hydroxylation sites is 2. The number of anilines is 3. The van der Waals surface area contributed by atoms with Crippen molar-refractivity contribution in [2.45, 2.75) is 26.8 Å². The van der Waals surface area contributed by atoms with Gasteiger partial charge in [0.15, 0.2) is 5.82 Å². The second-order valence-corrected chi connectivity index (χ2v) is 9.05. The first kappa shape index (κ1) is 25.1. The van der Waals surface area contributed by atoms with Crippen molar-refractivity contribution < 1.29 is 9.53 Å². The molecule has 1 aromatic heterocycles. The van der Waals surface area contributed by atoms with Crippen molar-refractivity contribution in [1.29, 1.82) is 0 Å². The van der Waals surface area contributed by atoms with Crippen molar-refractivity contribution in [2.75, 3.05) is 35.7 Å². The highest BCUT2D eigenvalue weighted by molar-refractivity contribution is 6.06. The molecule has 4 aromatic rings. The van der Waals surface area contributed by atoms with Crippen LogP contribution in [0.25, 0.3) is 11.4 Å². The lowest BCUT2D eigenvalue weighted by Crippen LogP contribution is -2.31. The zero-order chi connectivity index (χ0) is 26.6. The summed E-state index contributed by atoms with van der Waals surface area (Å²) in [5, 5.41) is 11.2. The third-order valence-electron chi connectivity index (χ3n) is 6.82. The van der Waals surface area contributed by atoms with Crippen LogP contribution < -0.4 is 20.3 Å². The van der Waals surface area contributed by atoms with Crippen molar-refractivity contribution >= 4 is 23.2 Å². The molecule has 0 saturated heterocycles. The molecule has 0 spiro atoms. The second-order valence-electron chi connectivity index (χ2n) is 9.05. The van der Waals surface area contributed by atoms with E-state index in [1.807, 2.05) is 73.7 Å². The molecule has 2 heterocycles. The SMILES string of the molecule is CCN(CC)c1ccc(-c2nc3n(n2)C(c2ccccc2)C(C(=O)Nc2ccccc2OC)=C(C)N3)cc1. The normalized spacial score (nSPS) is 14.5. The first-order chi connectivity index (χ1) is 18.5. The predicted octanol–water partition coefficient (Wildman–Crippen LogP) is 5.73. The fraction of sp³-hybridized carbons (Fsp3) is 0.233. The molecule has 194 valence electrons. The van der Waals surface area contributed by atoms with Crippen LogP contribution >= 0.6 is 0 Å². The van der Waals surface area contributed by atoms with Crippen LogP contribution in [0.1, 0.15) is 32.4 Å². The lowest BCUT2D eigenvalue weighted by Gasteiger charge is -2.28. The number of hydrogen-bond acceptors (Lipinski definition) is 6. The number of aromatic nitrogens is 3. The lowest BCUT2D eigenvalue weighted by atomic mass is 9.95. The molecule has 0 bridgehead atoms. The molecule has 8 heteroatoms. The monoisotopic (exact) mass is 508 g/mol. The molecule has 1 aliphatic rings. The van der Waals surface area contributed by atoms with Gasteiger partial charge >= 0.3 is 0 Å². The van der Waals surface area contributed by atoms with E-state index in [0.717, 1.165) is 35.6 Å². The van der Waals surface area contributed by atoms with Crippen LogP contribution in [-0.2, 0) is 4.79 Å². The number of nitrogens with zero attached hydrogens (tertiary/aromatic N) is 4. The van der Waals surface area contributed by atoms with Gasteiger partial charge in [0.1, 0.15) is 11.8 Å². The van der Waals surface area contributed by atoms with Gasteiger partial charge in [-0.1, -0.05) is 42.5 Å². The van der Waals surface area contributed by atoms with Crippen molar-refractivity contribution in [3.63, 3.8) is 0 Å². The molecule has 1 aliphatic heterocycles. The number of allylic oxidation sites excluding steroid dienone is 1. The average molecular weight is 509 g/mol. The predicted molar refractivity (Wildman–Crippen MR) is 152 cm³/mol. The number of hydrogen-bond donors (Lipinski definition) is 2. The zero-order valence-electron chi connectivity index (χ0n) is 22.1. The van der Waals surface area contributed by atoms with E-state index >= 15 is 0 Å². The summed E-state index contributed by atoms with van der Waals surface area (Å²) in [5.41, 5.74) is 4.89. The number of fused-ring (bicyclic) bond motifs is 1. The molecule has 1 atom stereocenters. The van der Waals surface area contributed by atoms with Crippen LogP contribution in [0.5, 0.6) is 5.75 Å². The number of ether oxygens (including phenoxy) is 1. The van der Waals surface area contributed by atoms with E-state index in [1.165, 1.54) is 0 Å². The number of carbonyl (C=O) groups excluding carboxylic acids is 1. The van der Waals surface area contributed by atoms with Crippen molar-refractivity contribution in [3.05, 3.63) is 95.7 Å². The number of benzene rings is 3. The summed E-state index contributed by atoms with van der Waals surface area (Å²) in [4.78, 5) is 20.8. The Balaban J connectivity index is 1.53. The molecule has 8 nitrogen and oxygen atoms in total. The van der Waals surface area contributed by atoms with E-state index < -0.39 is 6.04 Å². The third-order valence-corrected chi connectivity index (χ3v) is 6.82. The topological polar surface area (TPSA) is 84.3 Å². The Labute approximate surface area is 223 Å². The molecule has 38 heavy (non-hydrogen) atoms. The molecule has 3 aromatic carbocycles. The number of methoxy groups -OCH3 is 1. The van der Waals surface area contributed by atoms with Crippen LogP contribution in [0, 0.1) is 0 Å². The van der Waals surface area contributed by atoms with Gasteiger partial charge in [-0.3, -0.25) is 4.79 Å². The Kier molecular flexibility index (Phi) is 7.13. The molecule has 0 radical (unpaired) electrons. The van der Waals surface area contributed by atoms with Crippen molar-refractivity contribution in [3.8, 4) is 17.1 Å². The molecule has 5 rings (SSSR count). The molecule has 1 amide bonds. The van der Waals surface area contributed by atoms with E-state index in [-0.39, 0.29) is 5.91 Å². The largest absolute Gasteiger partial charge is 0.495 e. The lowest BCUT2D eigenvalue weighted by molar-refractivity contribution is -0.113. The summed E-state index contributed by atoms with van der Waals surface area (Å²) in [7, 11) is 1.59. The second kappa shape index (κ2) is 10.8. The fourth-order valence-electron chi connectivity index (χ4n) is 4.86. The Hall–Kier alpha value is -4.59. The van der Waals surface area contributed by atoms with E-state index in [9.17, 15) is 4.79 Å². The van der Waals surface area contributed by atoms with Gasteiger partial charge in [-0.25, -0.2) is 4.68 Å². The third kappa shape index (κ3) is 4.72. The maximum atomic E-state index is 13.7. The Morgan fingerprint density at radius 1 is 1.00 bits per heavy atom. The van der Waals surface area contributed by atoms with Gasteiger partial charge in [0.05, 0.1) is 18.4 Å². The quantitative estimate of drug-likeness (QED) is 0.316. The Morgan fingerprint density at radius 3 is 2.37 bits per heavy atom. The van der Waals surface area contributed by atoms with E-state index in [0.29, 0.717) is 28.8 Å². The molecule has 2 N–H and O–H groups in total. The first-order valence-corrected chi connectivity index (χ1v) is 12.8. The summed E-state index contributed by atoms with van der Waals surface area (Å²) in [6.07, 6.45) is 0. The van der Waals surface area contributed by atoms with Gasteiger partial charge in [0, 0.05) is 30.0 Å². The smallest absolute Gasteiger partial charge is 0.255 e. The minimum absolute atomic E-state index is 0.236. The van der Waals surface area contributed by atoms with E-state index in [2.05, 4.69) is 41.5 Å². The first-order valence-electron chi connectivity index (χ1n) is 12.8. The fourth-order valence-corrected chi connectivity index (χ4v) is 4.86. The van der Waals surface area contributed by atoms with Crippen LogP contribution in [0.15, 0.2) is 90.1 Å². The van der Waals surface area contributed by atoms with E-state index in [1.54, 1.807) is 11.8 Å². The maximum absolute atomic E-state index is 13.7. The number of carbonyl (C=O) groups is 1. The maximum Gasteiger partial charge on any atom is 0.255 e. The van der Waals surface area contributed by atoms with Gasteiger partial charge in [-0.15, -0.1) is 5.10 Å². The molecular formula is C30H32N6O2. The van der Waals surface area contributed by atoms with E-state index in [4.69, 9.17) is 14.8 Å². The van der Waals surface area contributed by atoms with Gasteiger partial charge in [-0.05, 0) is 62.7 Å². The van der Waals surface area contributed by atoms with Crippen LogP contribution in [-0.4, -0.2) is 40.9 Å². The van der Waals surface area contributed by atoms with Gasteiger partial charge < -0.3 is 20.3 Å². The molecule has 1 unspecified atom stereocenters. The summed E-state index contributed by atoms with van der Waals surface area (Å²) in [6, 6.07) is 25.1. The summed E-state index contributed by atoms with van der Waals surface area (Å²) >= 11 is 0. The number of nitrogens with one attached hydrogen (secondary N) is 2. The summed E-state index contributed by atoms with van der Waals surface area (Å²) < 4.78 is 7.24. The molecular weight excluding hydrogens is 476 g/mol. The zero-order valence-corrected chi connectivity index (χ0v) is 22.1. The van der Waals surface area contributed by atoms with Crippen LogP contribution in [0.4, 0.5) is 17.3 Å². The molecule has 0 saturated carbocycles. The Bertz CT molecular complexity index is 1460. The van der Waals surface area contributed by atoms with Crippen molar-refractivity contribution in [1.82, 2.24) is 14.8 Å².